The molecule has 1 aliphatic heterocycles. The molecule has 0 aliphatic carbocycles. The Hall–Kier alpha value is -1.34. The lowest BCUT2D eigenvalue weighted by Gasteiger charge is -2.46. The van der Waals surface area contributed by atoms with Crippen LogP contribution in [0.1, 0.15) is 41.0 Å². The number of ether oxygens (including phenoxy) is 3. The number of hydrogen-bond acceptors (Lipinski definition) is 6. The van der Waals surface area contributed by atoms with Crippen LogP contribution in [-0.2, 0) is 19.0 Å². The van der Waals surface area contributed by atoms with Crippen molar-refractivity contribution in [3.8, 4) is 0 Å². The summed E-state index contributed by atoms with van der Waals surface area (Å²) in [6, 6.07) is -0.894. The van der Waals surface area contributed by atoms with Gasteiger partial charge in [-0.05, 0) is 27.2 Å². The number of nitrogens with two attached hydrogens (primary N) is 1. The number of carbonyl (C=O) groups is 2. The van der Waals surface area contributed by atoms with Gasteiger partial charge in [0.1, 0.15) is 11.6 Å². The molecule has 1 saturated heterocycles. The third-order valence-corrected chi connectivity index (χ3v) is 4.23. The van der Waals surface area contributed by atoms with E-state index in [1.165, 1.54) is 7.11 Å². The van der Waals surface area contributed by atoms with Crippen LogP contribution in [-0.4, -0.2) is 49.6 Å². The van der Waals surface area contributed by atoms with E-state index in [4.69, 9.17) is 19.9 Å². The average molecular weight is 316 g/mol. The van der Waals surface area contributed by atoms with E-state index in [9.17, 15) is 9.59 Å². The molecule has 0 bridgehead atoms. The summed E-state index contributed by atoms with van der Waals surface area (Å²) in [6.07, 6.45) is -0.00707. The summed E-state index contributed by atoms with van der Waals surface area (Å²) in [4.78, 5) is 24.0. The van der Waals surface area contributed by atoms with E-state index in [1.807, 2.05) is 13.8 Å². The van der Waals surface area contributed by atoms with E-state index in [1.54, 1.807) is 20.8 Å². The third-order valence-electron chi connectivity index (χ3n) is 4.23. The number of amides is 1. The van der Waals surface area contributed by atoms with Crippen LogP contribution in [0.3, 0.4) is 0 Å². The normalized spacial score (nSPS) is 23.8. The second kappa shape index (κ2) is 6.42. The lowest BCUT2D eigenvalue weighted by atomic mass is 9.67. The standard InChI is InChI=1S/C15H28N2O5/c1-13(2,3)22-12(19)17-15(7-8-21-9-15)14(4,5)10(16)11(18)20-6/h10H,7-9,16H2,1-6H3,(H,17,19). The molecular weight excluding hydrogens is 288 g/mol. The van der Waals surface area contributed by atoms with Gasteiger partial charge in [0.05, 0.1) is 19.3 Å². The minimum atomic E-state index is -0.894. The summed E-state index contributed by atoms with van der Waals surface area (Å²) in [5.74, 6) is -0.526. The van der Waals surface area contributed by atoms with E-state index >= 15 is 0 Å². The van der Waals surface area contributed by atoms with Crippen molar-refractivity contribution in [3.63, 3.8) is 0 Å². The van der Waals surface area contributed by atoms with Gasteiger partial charge in [-0.1, -0.05) is 13.8 Å². The van der Waals surface area contributed by atoms with Crippen LogP contribution in [0.5, 0.6) is 0 Å². The highest BCUT2D eigenvalue weighted by atomic mass is 16.6. The monoisotopic (exact) mass is 316 g/mol. The zero-order chi connectivity index (χ0) is 17.2. The number of rotatable bonds is 4. The minimum absolute atomic E-state index is 0.268. The lowest BCUT2D eigenvalue weighted by Crippen LogP contribution is -2.66. The first-order valence-electron chi connectivity index (χ1n) is 7.37. The topological polar surface area (TPSA) is 99.9 Å². The van der Waals surface area contributed by atoms with Crippen LogP contribution in [0, 0.1) is 5.41 Å². The van der Waals surface area contributed by atoms with Crippen molar-refractivity contribution >= 4 is 12.1 Å². The number of alkyl carbamates (subject to hydrolysis) is 1. The van der Waals surface area contributed by atoms with Crippen LogP contribution in [0.4, 0.5) is 4.79 Å². The fourth-order valence-corrected chi connectivity index (χ4v) is 2.55. The molecule has 0 radical (unpaired) electrons. The quantitative estimate of drug-likeness (QED) is 0.756. The molecule has 1 aliphatic rings. The predicted octanol–water partition coefficient (Wildman–Crippen LogP) is 1.20. The zero-order valence-corrected chi connectivity index (χ0v) is 14.3. The SMILES string of the molecule is COC(=O)C(N)C(C)(C)C1(NC(=O)OC(C)(C)C)CCOC1. The molecule has 0 spiro atoms. The molecule has 1 amide bonds. The summed E-state index contributed by atoms with van der Waals surface area (Å²) in [6.45, 7) is 9.75. The molecule has 128 valence electrons. The van der Waals surface area contributed by atoms with E-state index < -0.39 is 34.7 Å². The van der Waals surface area contributed by atoms with Crippen molar-refractivity contribution < 1.29 is 23.8 Å². The predicted molar refractivity (Wildman–Crippen MR) is 81.3 cm³/mol. The fraction of sp³-hybridized carbons (Fsp3) is 0.867. The molecular formula is C15H28N2O5. The van der Waals surface area contributed by atoms with Crippen LogP contribution in [0.25, 0.3) is 0 Å². The summed E-state index contributed by atoms with van der Waals surface area (Å²) < 4.78 is 15.5. The van der Waals surface area contributed by atoms with E-state index in [0.717, 1.165) is 0 Å². The van der Waals surface area contributed by atoms with Crippen LogP contribution in [0.15, 0.2) is 0 Å². The van der Waals surface area contributed by atoms with Crippen LogP contribution >= 0.6 is 0 Å². The Labute approximate surface area is 131 Å². The molecule has 7 heteroatoms. The fourth-order valence-electron chi connectivity index (χ4n) is 2.55. The number of nitrogens with one attached hydrogen (secondary N) is 1. The van der Waals surface area contributed by atoms with Gasteiger partial charge < -0.3 is 25.3 Å². The Morgan fingerprint density at radius 2 is 1.86 bits per heavy atom. The highest BCUT2D eigenvalue weighted by molar-refractivity contribution is 5.77. The van der Waals surface area contributed by atoms with Gasteiger partial charge in [-0.2, -0.15) is 0 Å². The first-order valence-corrected chi connectivity index (χ1v) is 7.37. The summed E-state index contributed by atoms with van der Waals surface area (Å²) in [7, 11) is 1.29. The number of esters is 1. The van der Waals surface area contributed by atoms with Gasteiger partial charge in [-0.25, -0.2) is 4.79 Å². The first kappa shape index (κ1) is 18.7. The lowest BCUT2D eigenvalue weighted by molar-refractivity contribution is -0.147. The zero-order valence-electron chi connectivity index (χ0n) is 14.3. The molecule has 7 nitrogen and oxygen atoms in total. The number of hydrogen-bond donors (Lipinski definition) is 2. The second-order valence-electron chi connectivity index (χ2n) is 7.23. The second-order valence-corrected chi connectivity index (χ2v) is 7.23. The van der Waals surface area contributed by atoms with Gasteiger partial charge in [0, 0.05) is 12.0 Å². The molecule has 1 fully saturated rings. The van der Waals surface area contributed by atoms with Gasteiger partial charge in [0.25, 0.3) is 0 Å². The van der Waals surface area contributed by atoms with Crippen LogP contribution in [0.2, 0.25) is 0 Å². The van der Waals surface area contributed by atoms with Gasteiger partial charge >= 0.3 is 12.1 Å². The molecule has 1 heterocycles. The van der Waals surface area contributed by atoms with Crippen LogP contribution < -0.4 is 11.1 Å². The molecule has 0 saturated carbocycles. The largest absolute Gasteiger partial charge is 0.468 e. The third kappa shape index (κ3) is 3.89. The number of methoxy groups -OCH3 is 1. The maximum atomic E-state index is 12.2. The van der Waals surface area contributed by atoms with Gasteiger partial charge in [-0.15, -0.1) is 0 Å². The highest BCUT2D eigenvalue weighted by Gasteiger charge is 2.54. The van der Waals surface area contributed by atoms with E-state index in [-0.39, 0.29) is 6.61 Å². The van der Waals surface area contributed by atoms with E-state index in [2.05, 4.69) is 5.32 Å². The summed E-state index contributed by atoms with van der Waals surface area (Å²) in [5.41, 5.74) is 3.88. The Morgan fingerprint density at radius 3 is 2.27 bits per heavy atom. The molecule has 22 heavy (non-hydrogen) atoms. The smallest absolute Gasteiger partial charge is 0.408 e. The van der Waals surface area contributed by atoms with E-state index in [0.29, 0.717) is 13.0 Å². The highest BCUT2D eigenvalue weighted by Crippen LogP contribution is 2.40. The van der Waals surface area contributed by atoms with Gasteiger partial charge in [0.2, 0.25) is 0 Å². The Bertz CT molecular complexity index is 422. The van der Waals surface area contributed by atoms with Crippen molar-refractivity contribution in [2.45, 2.75) is 58.2 Å². The van der Waals surface area contributed by atoms with Crippen molar-refractivity contribution in [2.24, 2.45) is 11.1 Å². The Balaban J connectivity index is 3.00. The average Bonchev–Trinajstić information content (AvgIpc) is 2.84. The van der Waals surface area contributed by atoms with Gasteiger partial charge in [0.15, 0.2) is 0 Å². The first-order chi connectivity index (χ1) is 9.95. The maximum absolute atomic E-state index is 12.2. The van der Waals surface area contributed by atoms with Gasteiger partial charge in [-0.3, -0.25) is 4.79 Å². The Kier molecular flexibility index (Phi) is 5.46. The molecule has 2 unspecified atom stereocenters. The molecule has 0 aromatic carbocycles. The van der Waals surface area contributed by atoms with Crippen molar-refractivity contribution in [2.75, 3.05) is 20.3 Å². The maximum Gasteiger partial charge on any atom is 0.408 e. The minimum Gasteiger partial charge on any atom is -0.468 e. The molecule has 1 rings (SSSR count). The molecule has 2 atom stereocenters. The molecule has 3 N–H and O–H groups in total. The molecule has 0 aromatic rings. The van der Waals surface area contributed by atoms with Crippen molar-refractivity contribution in [3.05, 3.63) is 0 Å². The summed E-state index contributed by atoms with van der Waals surface area (Å²) >= 11 is 0. The van der Waals surface area contributed by atoms with Crippen molar-refractivity contribution in [1.82, 2.24) is 5.32 Å². The summed E-state index contributed by atoms with van der Waals surface area (Å²) in [5, 5.41) is 2.88. The van der Waals surface area contributed by atoms with Crippen molar-refractivity contribution in [1.29, 1.82) is 0 Å². The Morgan fingerprint density at radius 1 is 1.27 bits per heavy atom. The number of carbonyl (C=O) groups excluding carboxylic acids is 2. The molecule has 0 aromatic heterocycles.